The fourth-order valence-corrected chi connectivity index (χ4v) is 4.19. The van der Waals surface area contributed by atoms with E-state index in [1.165, 1.54) is 18.6 Å². The van der Waals surface area contributed by atoms with Gasteiger partial charge < -0.3 is 15.4 Å². The number of thioether (sulfide) groups is 1. The summed E-state index contributed by atoms with van der Waals surface area (Å²) in [5.74, 6) is 2.24. The summed E-state index contributed by atoms with van der Waals surface area (Å²) in [6.07, 6.45) is 2.69. The van der Waals surface area contributed by atoms with Crippen LogP contribution in [0.15, 0.2) is 4.99 Å². The van der Waals surface area contributed by atoms with E-state index >= 15 is 0 Å². The number of guanidine groups is 1. The van der Waals surface area contributed by atoms with Gasteiger partial charge in [0.2, 0.25) is 0 Å². The van der Waals surface area contributed by atoms with Crippen molar-refractivity contribution < 1.29 is 4.74 Å². The van der Waals surface area contributed by atoms with Gasteiger partial charge in [0.15, 0.2) is 5.96 Å². The first-order valence-electron chi connectivity index (χ1n) is 8.10. The molecule has 5 nitrogen and oxygen atoms in total. The molecule has 2 rings (SSSR count). The molecular formula is C15H30N4OS. The maximum atomic E-state index is 5.50. The van der Waals surface area contributed by atoms with Crippen molar-refractivity contribution in [3.05, 3.63) is 0 Å². The summed E-state index contributed by atoms with van der Waals surface area (Å²) in [4.78, 5) is 6.84. The Morgan fingerprint density at radius 3 is 3.00 bits per heavy atom. The highest BCUT2D eigenvalue weighted by molar-refractivity contribution is 8.00. The first-order valence-corrected chi connectivity index (χ1v) is 9.15. The van der Waals surface area contributed by atoms with Crippen LogP contribution in [0.5, 0.6) is 0 Å². The highest BCUT2D eigenvalue weighted by atomic mass is 32.2. The molecule has 0 amide bonds. The summed E-state index contributed by atoms with van der Waals surface area (Å²) in [5, 5.41) is 7.66. The first-order chi connectivity index (χ1) is 10.2. The van der Waals surface area contributed by atoms with Gasteiger partial charge in [-0.1, -0.05) is 0 Å². The van der Waals surface area contributed by atoms with Crippen LogP contribution in [-0.4, -0.2) is 73.8 Å². The normalized spacial score (nSPS) is 29.4. The molecule has 2 aliphatic rings. The molecule has 2 fully saturated rings. The minimum absolute atomic E-state index is 0.489. The standard InChI is InChI=1S/C15H30N4OS/c1-12(19-6-7-20-11-13(19)2)9-17-15(16-3)18-10-14-5-4-8-21-14/h12-14H,4-11H2,1-3H3,(H2,16,17,18). The number of ether oxygens (including phenoxy) is 1. The Kier molecular flexibility index (Phi) is 7.13. The first kappa shape index (κ1) is 16.9. The highest BCUT2D eigenvalue weighted by Gasteiger charge is 2.23. The zero-order valence-corrected chi connectivity index (χ0v) is 14.4. The fourth-order valence-electron chi connectivity index (χ4n) is 2.99. The summed E-state index contributed by atoms with van der Waals surface area (Å²) in [6, 6.07) is 0.990. The van der Waals surface area contributed by atoms with E-state index < -0.39 is 0 Å². The molecule has 3 atom stereocenters. The topological polar surface area (TPSA) is 48.9 Å². The van der Waals surface area contributed by atoms with E-state index in [0.29, 0.717) is 12.1 Å². The van der Waals surface area contributed by atoms with Gasteiger partial charge in [0.25, 0.3) is 0 Å². The molecule has 0 aliphatic carbocycles. The zero-order chi connectivity index (χ0) is 15.1. The van der Waals surface area contributed by atoms with Crippen molar-refractivity contribution in [3.8, 4) is 0 Å². The molecule has 6 heteroatoms. The van der Waals surface area contributed by atoms with Crippen molar-refractivity contribution in [2.45, 2.75) is 44.0 Å². The third-order valence-electron chi connectivity index (χ3n) is 4.29. The van der Waals surface area contributed by atoms with Crippen LogP contribution in [0.1, 0.15) is 26.7 Å². The highest BCUT2D eigenvalue weighted by Crippen LogP contribution is 2.25. The van der Waals surface area contributed by atoms with Gasteiger partial charge in [-0.25, -0.2) is 0 Å². The maximum absolute atomic E-state index is 5.50. The van der Waals surface area contributed by atoms with E-state index in [2.05, 4.69) is 46.1 Å². The molecule has 0 radical (unpaired) electrons. The Hall–Kier alpha value is -0.460. The number of rotatable bonds is 5. The monoisotopic (exact) mass is 314 g/mol. The summed E-state index contributed by atoms with van der Waals surface area (Å²) in [6.45, 7) is 9.16. The second-order valence-corrected chi connectivity index (χ2v) is 7.39. The number of morpholine rings is 1. The second kappa shape index (κ2) is 8.86. The molecular weight excluding hydrogens is 284 g/mol. The average Bonchev–Trinajstić information content (AvgIpc) is 3.01. The molecule has 2 saturated heterocycles. The lowest BCUT2D eigenvalue weighted by atomic mass is 10.2. The molecule has 0 spiro atoms. The molecule has 2 N–H and O–H groups in total. The van der Waals surface area contributed by atoms with Crippen molar-refractivity contribution in [2.75, 3.05) is 45.6 Å². The number of hydrogen-bond donors (Lipinski definition) is 2. The molecule has 2 aliphatic heterocycles. The third-order valence-corrected chi connectivity index (χ3v) is 5.69. The molecule has 0 bridgehead atoms. The van der Waals surface area contributed by atoms with Crippen LogP contribution in [-0.2, 0) is 4.74 Å². The van der Waals surface area contributed by atoms with E-state index in [0.717, 1.165) is 44.1 Å². The molecule has 3 unspecified atom stereocenters. The van der Waals surface area contributed by atoms with Gasteiger partial charge in [0.1, 0.15) is 0 Å². The molecule has 21 heavy (non-hydrogen) atoms. The molecule has 2 heterocycles. The van der Waals surface area contributed by atoms with Crippen LogP contribution in [0, 0.1) is 0 Å². The van der Waals surface area contributed by atoms with Crippen LogP contribution in [0.3, 0.4) is 0 Å². The lowest BCUT2D eigenvalue weighted by Crippen LogP contribution is -2.53. The molecule has 0 saturated carbocycles. The van der Waals surface area contributed by atoms with Crippen molar-refractivity contribution >= 4 is 17.7 Å². The maximum Gasteiger partial charge on any atom is 0.191 e. The number of nitrogens with zero attached hydrogens (tertiary/aromatic N) is 2. The van der Waals surface area contributed by atoms with E-state index in [1.807, 2.05) is 7.05 Å². The van der Waals surface area contributed by atoms with Crippen LogP contribution in [0.25, 0.3) is 0 Å². The van der Waals surface area contributed by atoms with Crippen molar-refractivity contribution in [1.82, 2.24) is 15.5 Å². The number of aliphatic imine (C=N–C) groups is 1. The van der Waals surface area contributed by atoms with Crippen molar-refractivity contribution in [1.29, 1.82) is 0 Å². The van der Waals surface area contributed by atoms with Gasteiger partial charge in [-0.3, -0.25) is 9.89 Å². The predicted molar refractivity (Wildman–Crippen MR) is 91.3 cm³/mol. The van der Waals surface area contributed by atoms with Gasteiger partial charge in [-0.05, 0) is 32.4 Å². The average molecular weight is 314 g/mol. The smallest absolute Gasteiger partial charge is 0.191 e. The van der Waals surface area contributed by atoms with Crippen molar-refractivity contribution in [2.24, 2.45) is 4.99 Å². The van der Waals surface area contributed by atoms with E-state index in [9.17, 15) is 0 Å². The third kappa shape index (κ3) is 5.34. The van der Waals surface area contributed by atoms with Crippen LogP contribution in [0.2, 0.25) is 0 Å². The lowest BCUT2D eigenvalue weighted by molar-refractivity contribution is -0.0174. The number of hydrogen-bond acceptors (Lipinski definition) is 4. The SMILES string of the molecule is CN=C(NCC1CCCS1)NCC(C)N1CCOCC1C. The quantitative estimate of drug-likeness (QED) is 0.589. The lowest BCUT2D eigenvalue weighted by Gasteiger charge is -2.38. The van der Waals surface area contributed by atoms with Crippen LogP contribution in [0.4, 0.5) is 0 Å². The van der Waals surface area contributed by atoms with E-state index in [4.69, 9.17) is 4.74 Å². The van der Waals surface area contributed by atoms with Crippen LogP contribution >= 0.6 is 11.8 Å². The summed E-state index contributed by atoms with van der Waals surface area (Å²) in [5.41, 5.74) is 0. The van der Waals surface area contributed by atoms with Crippen LogP contribution < -0.4 is 10.6 Å². The van der Waals surface area contributed by atoms with Gasteiger partial charge >= 0.3 is 0 Å². The minimum Gasteiger partial charge on any atom is -0.379 e. The minimum atomic E-state index is 0.489. The summed E-state index contributed by atoms with van der Waals surface area (Å²) >= 11 is 2.07. The summed E-state index contributed by atoms with van der Waals surface area (Å²) < 4.78 is 5.50. The van der Waals surface area contributed by atoms with E-state index in [1.54, 1.807) is 0 Å². The van der Waals surface area contributed by atoms with Gasteiger partial charge in [-0.2, -0.15) is 11.8 Å². The Morgan fingerprint density at radius 2 is 2.33 bits per heavy atom. The van der Waals surface area contributed by atoms with Crippen molar-refractivity contribution in [3.63, 3.8) is 0 Å². The summed E-state index contributed by atoms with van der Waals surface area (Å²) in [7, 11) is 1.85. The van der Waals surface area contributed by atoms with Gasteiger partial charge in [0, 0.05) is 44.0 Å². The molecule has 0 aromatic rings. The van der Waals surface area contributed by atoms with Gasteiger partial charge in [-0.15, -0.1) is 0 Å². The molecule has 0 aromatic carbocycles. The zero-order valence-electron chi connectivity index (χ0n) is 13.6. The number of nitrogens with one attached hydrogen (secondary N) is 2. The fraction of sp³-hybridized carbons (Fsp3) is 0.933. The Balaban J connectivity index is 1.69. The second-order valence-electron chi connectivity index (χ2n) is 5.98. The largest absolute Gasteiger partial charge is 0.379 e. The molecule has 0 aromatic heterocycles. The Bertz CT molecular complexity index is 334. The van der Waals surface area contributed by atoms with Gasteiger partial charge in [0.05, 0.1) is 13.2 Å². The Labute approximate surface area is 133 Å². The predicted octanol–water partition coefficient (Wildman–Crippen LogP) is 1.16. The Morgan fingerprint density at radius 1 is 1.48 bits per heavy atom. The molecule has 122 valence electrons. The van der Waals surface area contributed by atoms with E-state index in [-0.39, 0.29) is 0 Å².